The second kappa shape index (κ2) is 6.65. The van der Waals surface area contributed by atoms with Gasteiger partial charge in [0.05, 0.1) is 6.61 Å². The molecule has 0 fully saturated rings. The summed E-state index contributed by atoms with van der Waals surface area (Å²) in [6.07, 6.45) is -2.83. The van der Waals surface area contributed by atoms with Crippen LogP contribution in [0.25, 0.3) is 11.1 Å². The van der Waals surface area contributed by atoms with E-state index in [1.165, 1.54) is 11.3 Å². The Morgan fingerprint density at radius 2 is 1.95 bits per heavy atom. The van der Waals surface area contributed by atoms with Crippen molar-refractivity contribution in [3.8, 4) is 11.1 Å². The number of benzene rings is 1. The zero-order chi connectivity index (χ0) is 14.5. The number of hydrogen-bond donors (Lipinski definition) is 2. The van der Waals surface area contributed by atoms with Crippen molar-refractivity contribution in [2.24, 2.45) is 0 Å². The molecule has 1 aromatic carbocycles. The van der Waals surface area contributed by atoms with Gasteiger partial charge in [-0.15, -0.1) is 11.3 Å². The number of carbonyl (C=O) groups is 1. The van der Waals surface area contributed by atoms with E-state index in [2.05, 4.69) is 0 Å². The summed E-state index contributed by atoms with van der Waals surface area (Å²) in [7, 11) is 0. The van der Waals surface area contributed by atoms with E-state index in [1.54, 1.807) is 13.0 Å². The first-order valence-electron chi connectivity index (χ1n) is 6.30. The minimum Gasteiger partial charge on any atom is -0.464 e. The third-order valence-electron chi connectivity index (χ3n) is 2.85. The highest BCUT2D eigenvalue weighted by Crippen LogP contribution is 2.30. The number of aliphatic hydroxyl groups is 2. The summed E-state index contributed by atoms with van der Waals surface area (Å²) in [4.78, 5) is 11.9. The van der Waals surface area contributed by atoms with Gasteiger partial charge in [0.15, 0.2) is 6.10 Å². The Morgan fingerprint density at radius 1 is 1.25 bits per heavy atom. The second-order valence-electron chi connectivity index (χ2n) is 4.25. The molecule has 0 saturated heterocycles. The largest absolute Gasteiger partial charge is 0.464 e. The molecule has 0 aliphatic carbocycles. The summed E-state index contributed by atoms with van der Waals surface area (Å²) in [5.74, 6) is -0.810. The third-order valence-corrected chi connectivity index (χ3v) is 3.85. The summed E-state index contributed by atoms with van der Waals surface area (Å²) in [5.41, 5.74) is 1.97. The van der Waals surface area contributed by atoms with E-state index in [9.17, 15) is 15.0 Å². The summed E-state index contributed by atoms with van der Waals surface area (Å²) in [5, 5.41) is 21.6. The van der Waals surface area contributed by atoms with Crippen LogP contribution in [0.5, 0.6) is 0 Å². The molecule has 1 heterocycles. The van der Waals surface area contributed by atoms with E-state index in [0.717, 1.165) is 11.1 Å². The predicted octanol–water partition coefficient (Wildman–Crippen LogP) is 2.37. The highest BCUT2D eigenvalue weighted by atomic mass is 32.1. The molecule has 5 heteroatoms. The quantitative estimate of drug-likeness (QED) is 0.830. The van der Waals surface area contributed by atoms with Crippen molar-refractivity contribution in [2.75, 3.05) is 6.61 Å². The fourth-order valence-corrected chi connectivity index (χ4v) is 2.73. The highest BCUT2D eigenvalue weighted by Gasteiger charge is 2.28. The molecule has 0 amide bonds. The molecule has 0 aliphatic heterocycles. The molecule has 0 saturated carbocycles. The Hall–Kier alpha value is -1.69. The predicted molar refractivity (Wildman–Crippen MR) is 77.4 cm³/mol. The average Bonchev–Trinajstić information content (AvgIpc) is 2.96. The minimum absolute atomic E-state index is 0.169. The van der Waals surface area contributed by atoms with Crippen molar-refractivity contribution in [2.45, 2.75) is 19.1 Å². The minimum atomic E-state index is -1.56. The average molecular weight is 292 g/mol. The topological polar surface area (TPSA) is 66.8 Å². The van der Waals surface area contributed by atoms with E-state index < -0.39 is 18.2 Å². The molecule has 2 atom stereocenters. The molecular weight excluding hydrogens is 276 g/mol. The maximum atomic E-state index is 11.4. The fourth-order valence-electron chi connectivity index (χ4n) is 1.80. The first-order chi connectivity index (χ1) is 9.63. The van der Waals surface area contributed by atoms with Crippen molar-refractivity contribution in [1.82, 2.24) is 0 Å². The number of thiophene rings is 1. The van der Waals surface area contributed by atoms with E-state index in [-0.39, 0.29) is 6.61 Å². The molecule has 2 aromatic rings. The number of esters is 1. The molecule has 2 N–H and O–H groups in total. The van der Waals surface area contributed by atoms with Gasteiger partial charge >= 0.3 is 5.97 Å². The number of ether oxygens (including phenoxy) is 1. The molecule has 20 heavy (non-hydrogen) atoms. The standard InChI is InChI=1S/C15H16O4S/c1-2-19-15(18)14(17)13(16)12-8-11(9-20-12)10-6-4-3-5-7-10/h3-9,13-14,16-17H,2H2,1H3. The summed E-state index contributed by atoms with van der Waals surface area (Å²) >= 11 is 1.30. The third kappa shape index (κ3) is 3.25. The van der Waals surface area contributed by atoms with Gasteiger partial charge in [-0.1, -0.05) is 30.3 Å². The van der Waals surface area contributed by atoms with Gasteiger partial charge in [-0.05, 0) is 29.5 Å². The SMILES string of the molecule is CCOC(=O)C(O)C(O)c1cc(-c2ccccc2)cs1. The van der Waals surface area contributed by atoms with Crippen LogP contribution < -0.4 is 0 Å². The number of aliphatic hydroxyl groups excluding tert-OH is 2. The lowest BCUT2D eigenvalue weighted by atomic mass is 10.1. The Kier molecular flexibility index (Phi) is 4.89. The van der Waals surface area contributed by atoms with E-state index >= 15 is 0 Å². The second-order valence-corrected chi connectivity index (χ2v) is 5.19. The smallest absolute Gasteiger partial charge is 0.338 e. The van der Waals surface area contributed by atoms with E-state index in [4.69, 9.17) is 4.74 Å². The van der Waals surface area contributed by atoms with Crippen LogP contribution in [-0.4, -0.2) is 28.9 Å². The lowest BCUT2D eigenvalue weighted by molar-refractivity contribution is -0.159. The molecule has 0 aliphatic rings. The van der Waals surface area contributed by atoms with Gasteiger partial charge < -0.3 is 14.9 Å². The molecule has 0 bridgehead atoms. The van der Waals surface area contributed by atoms with Gasteiger partial charge in [0, 0.05) is 4.88 Å². The maximum Gasteiger partial charge on any atom is 0.338 e. The zero-order valence-corrected chi connectivity index (χ0v) is 11.8. The summed E-state index contributed by atoms with van der Waals surface area (Å²) < 4.78 is 4.69. The van der Waals surface area contributed by atoms with Crippen LogP contribution >= 0.6 is 11.3 Å². The van der Waals surface area contributed by atoms with Crippen LogP contribution in [-0.2, 0) is 9.53 Å². The Bertz CT molecular complexity index is 564. The van der Waals surface area contributed by atoms with Gasteiger partial charge in [0.2, 0.25) is 0 Å². The lowest BCUT2D eigenvalue weighted by Crippen LogP contribution is -2.29. The maximum absolute atomic E-state index is 11.4. The number of carbonyl (C=O) groups excluding carboxylic acids is 1. The van der Waals surface area contributed by atoms with E-state index in [0.29, 0.717) is 4.88 Å². The Balaban J connectivity index is 2.14. The molecule has 2 rings (SSSR count). The molecule has 106 valence electrons. The van der Waals surface area contributed by atoms with Crippen molar-refractivity contribution in [3.63, 3.8) is 0 Å². The van der Waals surface area contributed by atoms with Gasteiger partial charge in [0.1, 0.15) is 6.10 Å². The fraction of sp³-hybridized carbons (Fsp3) is 0.267. The first-order valence-corrected chi connectivity index (χ1v) is 7.18. The normalized spacial score (nSPS) is 13.8. The molecule has 0 radical (unpaired) electrons. The first kappa shape index (κ1) is 14.7. The lowest BCUT2D eigenvalue weighted by Gasteiger charge is -2.14. The highest BCUT2D eigenvalue weighted by molar-refractivity contribution is 7.10. The molecule has 2 unspecified atom stereocenters. The number of hydrogen-bond acceptors (Lipinski definition) is 5. The number of rotatable bonds is 5. The monoisotopic (exact) mass is 292 g/mol. The van der Waals surface area contributed by atoms with Crippen LogP contribution in [0.4, 0.5) is 0 Å². The summed E-state index contributed by atoms with van der Waals surface area (Å²) in [6, 6.07) is 11.5. The van der Waals surface area contributed by atoms with Crippen molar-refractivity contribution < 1.29 is 19.7 Å². The van der Waals surface area contributed by atoms with Crippen LogP contribution in [0.15, 0.2) is 41.8 Å². The van der Waals surface area contributed by atoms with Crippen LogP contribution in [0.1, 0.15) is 17.9 Å². The van der Waals surface area contributed by atoms with Crippen molar-refractivity contribution >= 4 is 17.3 Å². The Labute approximate surface area is 121 Å². The van der Waals surface area contributed by atoms with Crippen molar-refractivity contribution in [3.05, 3.63) is 46.7 Å². The van der Waals surface area contributed by atoms with Gasteiger partial charge in [-0.2, -0.15) is 0 Å². The molecular formula is C15H16O4S. The molecule has 0 spiro atoms. The molecule has 1 aromatic heterocycles. The van der Waals surface area contributed by atoms with Gasteiger partial charge in [-0.25, -0.2) is 4.79 Å². The Morgan fingerprint density at radius 3 is 2.60 bits per heavy atom. The van der Waals surface area contributed by atoms with Crippen molar-refractivity contribution in [1.29, 1.82) is 0 Å². The van der Waals surface area contributed by atoms with Gasteiger partial charge in [-0.3, -0.25) is 0 Å². The van der Waals surface area contributed by atoms with Gasteiger partial charge in [0.25, 0.3) is 0 Å². The zero-order valence-electron chi connectivity index (χ0n) is 11.0. The van der Waals surface area contributed by atoms with Crippen LogP contribution in [0, 0.1) is 0 Å². The summed E-state index contributed by atoms with van der Waals surface area (Å²) in [6.45, 7) is 1.82. The molecule has 4 nitrogen and oxygen atoms in total. The van der Waals surface area contributed by atoms with E-state index in [1.807, 2.05) is 35.7 Å². The van der Waals surface area contributed by atoms with Crippen LogP contribution in [0.2, 0.25) is 0 Å². The van der Waals surface area contributed by atoms with Crippen LogP contribution in [0.3, 0.4) is 0 Å².